The third-order valence-electron chi connectivity index (χ3n) is 4.92. The number of aromatic nitrogens is 3. The molecule has 33 heavy (non-hydrogen) atoms. The van der Waals surface area contributed by atoms with Gasteiger partial charge in [0.2, 0.25) is 5.78 Å². The highest BCUT2D eigenvalue weighted by Crippen LogP contribution is 2.25. The zero-order chi connectivity index (χ0) is 24.4. The van der Waals surface area contributed by atoms with Crippen molar-refractivity contribution in [2.75, 3.05) is 0 Å². The molecule has 5 nitrogen and oxygen atoms in total. The Morgan fingerprint density at radius 1 is 1.24 bits per heavy atom. The van der Waals surface area contributed by atoms with E-state index in [4.69, 9.17) is 9.72 Å². The quantitative estimate of drug-likeness (QED) is 0.194. The second-order valence-electron chi connectivity index (χ2n) is 7.40. The smallest absolute Gasteiger partial charge is 0.221 e. The fraction of sp³-hybridized carbons (Fsp3) is 0.214. The monoisotopic (exact) mass is 442 g/mol. The maximum Gasteiger partial charge on any atom is 0.221 e. The molecular formula is C28H34N4O. The van der Waals surface area contributed by atoms with E-state index in [9.17, 15) is 0 Å². The molecule has 0 amide bonds. The summed E-state index contributed by atoms with van der Waals surface area (Å²) in [5.74, 6) is 2.51. The molecule has 0 atom stereocenters. The molecule has 0 unspecified atom stereocenters. The first-order valence-electron chi connectivity index (χ1n) is 11.0. The van der Waals surface area contributed by atoms with Crippen molar-refractivity contribution in [3.63, 3.8) is 0 Å². The number of hydrogen-bond acceptors (Lipinski definition) is 3. The molecule has 0 N–H and O–H groups in total. The molecule has 2 aromatic heterocycles. The van der Waals surface area contributed by atoms with Gasteiger partial charge in [-0.3, -0.25) is 8.97 Å². The lowest BCUT2D eigenvalue weighted by molar-refractivity contribution is 0.334. The fourth-order valence-corrected chi connectivity index (χ4v) is 3.13. The summed E-state index contributed by atoms with van der Waals surface area (Å²) in [6.45, 7) is 23.7. The molecular weight excluding hydrogens is 408 g/mol. The molecule has 0 radical (unpaired) electrons. The molecule has 0 saturated heterocycles. The van der Waals surface area contributed by atoms with Gasteiger partial charge in [0.1, 0.15) is 17.3 Å². The number of imidazole rings is 2. The first kappa shape index (κ1) is 25.4. The van der Waals surface area contributed by atoms with Crippen LogP contribution in [0.4, 0.5) is 0 Å². The van der Waals surface area contributed by atoms with Crippen molar-refractivity contribution >= 4 is 30.0 Å². The van der Waals surface area contributed by atoms with E-state index in [1.165, 1.54) is 0 Å². The molecule has 0 spiro atoms. The highest BCUT2D eigenvalue weighted by molar-refractivity contribution is 5.77. The Balaban J connectivity index is 2.41. The Morgan fingerprint density at radius 3 is 2.64 bits per heavy atom. The second kappa shape index (κ2) is 12.2. The van der Waals surface area contributed by atoms with Crippen molar-refractivity contribution in [2.24, 2.45) is 4.99 Å². The van der Waals surface area contributed by atoms with E-state index >= 15 is 0 Å². The lowest BCUT2D eigenvalue weighted by atomic mass is 10.2. The first-order valence-corrected chi connectivity index (χ1v) is 11.0. The highest BCUT2D eigenvalue weighted by atomic mass is 16.5. The van der Waals surface area contributed by atoms with Crippen LogP contribution in [0.5, 0.6) is 0 Å². The fourth-order valence-electron chi connectivity index (χ4n) is 3.13. The number of rotatable bonds is 12. The highest BCUT2D eigenvalue weighted by Gasteiger charge is 2.17. The standard InChI is InChI=1S/C28H34N4O/c1-9-13-14-15-16-17-22(6)33-24(8)21(5)19-25-20-31-23(7)26(11-3)30-28(31)32(25)27(12-4)29-18-10-2/h10-12,14-20H,2-3,6,8-9,13H2,1,4-5,7H3/b15-14-,17-16-,21-19-,27-12+,29-18?. The molecule has 0 aliphatic heterocycles. The van der Waals surface area contributed by atoms with Crippen LogP contribution >= 0.6 is 0 Å². The predicted octanol–water partition coefficient (Wildman–Crippen LogP) is 7.52. The van der Waals surface area contributed by atoms with Crippen molar-refractivity contribution < 1.29 is 4.74 Å². The first-order chi connectivity index (χ1) is 15.9. The third-order valence-corrected chi connectivity index (χ3v) is 4.92. The Morgan fingerprint density at radius 2 is 2.00 bits per heavy atom. The molecule has 0 saturated carbocycles. The molecule has 2 aromatic rings. The van der Waals surface area contributed by atoms with Gasteiger partial charge < -0.3 is 4.74 Å². The SMILES string of the molecule is C=CC=N/C(=C\C)n1c(/C=C(/C)C(=C)OC(=C)/C=C\C=C/CCC)cn2c(C)c(C=C)nc12. The minimum Gasteiger partial charge on any atom is -0.458 e. The van der Waals surface area contributed by atoms with Crippen LogP contribution in [-0.2, 0) is 4.74 Å². The average Bonchev–Trinajstić information content (AvgIpc) is 3.30. The summed E-state index contributed by atoms with van der Waals surface area (Å²) in [5.41, 5.74) is 3.58. The largest absolute Gasteiger partial charge is 0.458 e. The summed E-state index contributed by atoms with van der Waals surface area (Å²) in [6, 6.07) is 0. The molecule has 0 aliphatic carbocycles. The molecule has 0 bridgehead atoms. The summed E-state index contributed by atoms with van der Waals surface area (Å²) in [5, 5.41) is 0. The Kier molecular flexibility index (Phi) is 9.43. The van der Waals surface area contributed by atoms with Crippen molar-refractivity contribution in [3.05, 3.63) is 103 Å². The normalized spacial score (nSPS) is 13.0. The van der Waals surface area contributed by atoms with E-state index in [2.05, 4.69) is 44.3 Å². The van der Waals surface area contributed by atoms with Gasteiger partial charge in [-0.2, -0.15) is 0 Å². The summed E-state index contributed by atoms with van der Waals surface area (Å²) < 4.78 is 9.82. The summed E-state index contributed by atoms with van der Waals surface area (Å²) in [4.78, 5) is 9.26. The van der Waals surface area contributed by atoms with E-state index in [-0.39, 0.29) is 0 Å². The van der Waals surface area contributed by atoms with Crippen molar-refractivity contribution in [1.29, 1.82) is 0 Å². The molecule has 0 aliphatic rings. The molecule has 172 valence electrons. The lowest BCUT2D eigenvalue weighted by Gasteiger charge is -2.10. The molecule has 5 heteroatoms. The summed E-state index contributed by atoms with van der Waals surface area (Å²) in [6.07, 6.45) is 21.0. The van der Waals surface area contributed by atoms with E-state index < -0.39 is 0 Å². The number of hydrogen-bond donors (Lipinski definition) is 0. The maximum absolute atomic E-state index is 5.82. The van der Waals surface area contributed by atoms with Crippen LogP contribution in [0.25, 0.3) is 23.8 Å². The summed E-state index contributed by atoms with van der Waals surface area (Å²) in [7, 11) is 0. The van der Waals surface area contributed by atoms with Crippen molar-refractivity contribution in [1.82, 2.24) is 14.0 Å². The van der Waals surface area contributed by atoms with Gasteiger partial charge >= 0.3 is 0 Å². The third kappa shape index (κ3) is 6.32. The Bertz CT molecular complexity index is 1190. The van der Waals surface area contributed by atoms with Gasteiger partial charge in [-0.15, -0.1) is 0 Å². The Labute approximate surface area is 197 Å². The van der Waals surface area contributed by atoms with Gasteiger partial charge in [-0.05, 0) is 57.1 Å². The van der Waals surface area contributed by atoms with Gasteiger partial charge in [0.05, 0.1) is 11.4 Å². The van der Waals surface area contributed by atoms with Gasteiger partial charge in [0, 0.05) is 18.1 Å². The van der Waals surface area contributed by atoms with Crippen LogP contribution in [0.1, 0.15) is 50.7 Å². The van der Waals surface area contributed by atoms with Crippen LogP contribution < -0.4 is 0 Å². The maximum atomic E-state index is 5.82. The lowest BCUT2D eigenvalue weighted by Crippen LogP contribution is -2.00. The van der Waals surface area contributed by atoms with Gasteiger partial charge in [-0.25, -0.2) is 9.98 Å². The topological polar surface area (TPSA) is 43.8 Å². The van der Waals surface area contributed by atoms with E-state index in [0.29, 0.717) is 11.5 Å². The molecule has 2 rings (SSSR count). The molecule has 0 aromatic carbocycles. The average molecular weight is 443 g/mol. The Hall–Kier alpha value is -3.86. The van der Waals surface area contributed by atoms with Crippen LogP contribution in [0.3, 0.4) is 0 Å². The zero-order valence-corrected chi connectivity index (χ0v) is 20.2. The van der Waals surface area contributed by atoms with E-state index in [1.807, 2.05) is 66.3 Å². The number of nitrogens with zero attached hydrogens (tertiary/aromatic N) is 4. The zero-order valence-electron chi connectivity index (χ0n) is 20.2. The minimum atomic E-state index is 0.521. The summed E-state index contributed by atoms with van der Waals surface area (Å²) >= 11 is 0. The van der Waals surface area contributed by atoms with Crippen LogP contribution in [0.2, 0.25) is 0 Å². The van der Waals surface area contributed by atoms with Gasteiger partial charge in [-0.1, -0.05) is 64.0 Å². The van der Waals surface area contributed by atoms with E-state index in [0.717, 1.165) is 47.1 Å². The number of unbranched alkanes of at least 4 members (excludes halogenated alkanes) is 1. The van der Waals surface area contributed by atoms with Crippen LogP contribution in [-0.4, -0.2) is 20.2 Å². The number of aliphatic imine (C=N–C) groups is 1. The number of fused-ring (bicyclic) bond motifs is 1. The van der Waals surface area contributed by atoms with Crippen LogP contribution in [0.15, 0.2) is 91.1 Å². The molecule has 2 heterocycles. The van der Waals surface area contributed by atoms with Crippen molar-refractivity contribution in [3.8, 4) is 0 Å². The predicted molar refractivity (Wildman–Crippen MR) is 143 cm³/mol. The van der Waals surface area contributed by atoms with Gasteiger partial charge in [0.25, 0.3) is 0 Å². The number of ether oxygens (including phenoxy) is 1. The van der Waals surface area contributed by atoms with Crippen molar-refractivity contribution in [2.45, 2.75) is 40.5 Å². The second-order valence-corrected chi connectivity index (χ2v) is 7.40. The number of allylic oxidation sites excluding steroid dienone is 7. The van der Waals surface area contributed by atoms with Gasteiger partial charge in [0.15, 0.2) is 0 Å². The minimum absolute atomic E-state index is 0.521. The molecule has 0 fully saturated rings. The van der Waals surface area contributed by atoms with E-state index in [1.54, 1.807) is 18.4 Å². The number of aryl methyl sites for hydroxylation is 1. The van der Waals surface area contributed by atoms with Crippen LogP contribution in [0, 0.1) is 6.92 Å².